The monoisotopic (exact) mass is 444 g/mol. The molecule has 168 valence electrons. The summed E-state index contributed by atoms with van der Waals surface area (Å²) in [5.41, 5.74) is 0.577. The molecule has 0 amide bonds. The normalized spacial score (nSPS) is 12.9. The standard InChI is InChI=1S/C24H23F3N2O3/c1-23(2,3)18(15-9-11-17(12-10-15)32-24(25,26)27)13-20(30)19-14-21(31)29-22(28-19)16-7-5-4-6-8-16/h4-12,14,18H,13H2,1-3H3,(H,28,29,31)/t18-/m0/s1. The maximum atomic E-state index is 13.1. The van der Waals surface area contributed by atoms with Crippen LogP contribution in [0.2, 0.25) is 0 Å². The molecule has 0 aliphatic rings. The summed E-state index contributed by atoms with van der Waals surface area (Å²) in [6.07, 6.45) is -4.74. The molecule has 0 saturated heterocycles. The molecule has 32 heavy (non-hydrogen) atoms. The minimum atomic E-state index is -4.77. The van der Waals surface area contributed by atoms with E-state index < -0.39 is 11.9 Å². The molecular weight excluding hydrogens is 421 g/mol. The Labute approximate surface area is 183 Å². The third kappa shape index (κ3) is 6.06. The van der Waals surface area contributed by atoms with Crippen LogP contribution in [0, 0.1) is 5.41 Å². The van der Waals surface area contributed by atoms with Gasteiger partial charge in [0.25, 0.3) is 5.56 Å². The largest absolute Gasteiger partial charge is 0.573 e. The van der Waals surface area contributed by atoms with Crippen LogP contribution in [0.15, 0.2) is 65.5 Å². The zero-order valence-corrected chi connectivity index (χ0v) is 17.9. The topological polar surface area (TPSA) is 72.0 Å². The van der Waals surface area contributed by atoms with Crippen LogP contribution in [0.25, 0.3) is 11.4 Å². The van der Waals surface area contributed by atoms with Crippen LogP contribution in [0.3, 0.4) is 0 Å². The van der Waals surface area contributed by atoms with Gasteiger partial charge in [0.1, 0.15) is 17.3 Å². The van der Waals surface area contributed by atoms with E-state index in [9.17, 15) is 22.8 Å². The van der Waals surface area contributed by atoms with E-state index >= 15 is 0 Å². The SMILES string of the molecule is CC(C)(C)[C@@H](CC(=O)c1cc(=O)[nH]c(-c2ccccc2)n1)c1ccc(OC(F)(F)F)cc1. The van der Waals surface area contributed by atoms with Gasteiger partial charge in [-0.2, -0.15) is 0 Å². The number of aromatic amines is 1. The highest BCUT2D eigenvalue weighted by molar-refractivity contribution is 5.95. The number of carbonyl (C=O) groups is 1. The lowest BCUT2D eigenvalue weighted by molar-refractivity contribution is -0.274. The van der Waals surface area contributed by atoms with Crippen molar-refractivity contribution in [2.24, 2.45) is 5.41 Å². The number of benzene rings is 2. The molecule has 0 saturated carbocycles. The molecule has 1 N–H and O–H groups in total. The highest BCUT2D eigenvalue weighted by Crippen LogP contribution is 2.39. The minimum absolute atomic E-state index is 0.0354. The molecule has 1 aromatic heterocycles. The molecule has 8 heteroatoms. The van der Waals surface area contributed by atoms with E-state index in [1.165, 1.54) is 24.3 Å². The molecule has 0 aliphatic heterocycles. The molecule has 0 unspecified atom stereocenters. The highest BCUT2D eigenvalue weighted by Gasteiger charge is 2.32. The van der Waals surface area contributed by atoms with Crippen molar-refractivity contribution >= 4 is 5.78 Å². The summed E-state index contributed by atoms with van der Waals surface area (Å²) in [5, 5.41) is 0. The number of nitrogens with zero attached hydrogens (tertiary/aromatic N) is 1. The van der Waals surface area contributed by atoms with Gasteiger partial charge in [-0.05, 0) is 29.0 Å². The van der Waals surface area contributed by atoms with Gasteiger partial charge in [-0.1, -0.05) is 63.2 Å². The molecule has 5 nitrogen and oxygen atoms in total. The van der Waals surface area contributed by atoms with Crippen molar-refractivity contribution in [1.29, 1.82) is 0 Å². The molecule has 0 radical (unpaired) electrons. The van der Waals surface area contributed by atoms with Gasteiger partial charge in [0.2, 0.25) is 0 Å². The lowest BCUT2D eigenvalue weighted by atomic mass is 9.73. The van der Waals surface area contributed by atoms with Gasteiger partial charge in [0.15, 0.2) is 5.78 Å². The van der Waals surface area contributed by atoms with E-state index in [4.69, 9.17) is 0 Å². The number of H-pyrrole nitrogens is 1. The van der Waals surface area contributed by atoms with Crippen LogP contribution in [-0.4, -0.2) is 22.1 Å². The van der Waals surface area contributed by atoms with Crippen molar-refractivity contribution in [2.45, 2.75) is 39.5 Å². The molecule has 0 spiro atoms. The number of hydrogen-bond acceptors (Lipinski definition) is 4. The second kappa shape index (κ2) is 8.98. The number of ether oxygens (including phenoxy) is 1. The summed E-state index contributed by atoms with van der Waals surface area (Å²) in [7, 11) is 0. The number of Topliss-reactive ketones (excluding diaryl/α,β-unsaturated/α-hetero) is 1. The first-order valence-corrected chi connectivity index (χ1v) is 9.98. The van der Waals surface area contributed by atoms with Gasteiger partial charge in [-0.15, -0.1) is 13.2 Å². The number of rotatable bonds is 6. The fourth-order valence-electron chi connectivity index (χ4n) is 3.45. The van der Waals surface area contributed by atoms with Crippen molar-refractivity contribution in [1.82, 2.24) is 9.97 Å². The van der Waals surface area contributed by atoms with E-state index in [-0.39, 0.29) is 35.0 Å². The number of nitrogens with one attached hydrogen (secondary N) is 1. The first-order valence-electron chi connectivity index (χ1n) is 9.98. The average molecular weight is 444 g/mol. The first-order chi connectivity index (χ1) is 14.9. The van der Waals surface area contributed by atoms with Gasteiger partial charge in [-0.3, -0.25) is 9.59 Å². The Balaban J connectivity index is 1.88. The van der Waals surface area contributed by atoms with Crippen LogP contribution >= 0.6 is 0 Å². The van der Waals surface area contributed by atoms with Gasteiger partial charge in [0, 0.05) is 18.1 Å². The summed E-state index contributed by atoms with van der Waals surface area (Å²) in [5.74, 6) is -0.688. The zero-order chi connectivity index (χ0) is 23.5. The van der Waals surface area contributed by atoms with Crippen molar-refractivity contribution in [2.75, 3.05) is 0 Å². The Hall–Kier alpha value is -3.42. The Bertz CT molecular complexity index is 1130. The van der Waals surface area contributed by atoms with Crippen molar-refractivity contribution in [3.05, 3.63) is 82.3 Å². The molecule has 2 aromatic carbocycles. The summed E-state index contributed by atoms with van der Waals surface area (Å²) in [4.78, 5) is 32.2. The van der Waals surface area contributed by atoms with Crippen molar-refractivity contribution < 1.29 is 22.7 Å². The fraction of sp³-hybridized carbons (Fsp3) is 0.292. The van der Waals surface area contributed by atoms with Gasteiger partial charge < -0.3 is 9.72 Å². The van der Waals surface area contributed by atoms with E-state index in [2.05, 4.69) is 14.7 Å². The lowest BCUT2D eigenvalue weighted by Gasteiger charge is -2.31. The second-order valence-corrected chi connectivity index (χ2v) is 8.51. The zero-order valence-electron chi connectivity index (χ0n) is 17.9. The minimum Gasteiger partial charge on any atom is -0.406 e. The molecule has 1 heterocycles. The summed E-state index contributed by atoms with van der Waals surface area (Å²) in [6.45, 7) is 5.81. The number of alkyl halides is 3. The Morgan fingerprint density at radius 3 is 2.22 bits per heavy atom. The highest BCUT2D eigenvalue weighted by atomic mass is 19.4. The average Bonchev–Trinajstić information content (AvgIpc) is 2.71. The van der Waals surface area contributed by atoms with Crippen molar-refractivity contribution in [3.8, 4) is 17.1 Å². The number of aromatic nitrogens is 2. The number of carbonyl (C=O) groups excluding carboxylic acids is 1. The Morgan fingerprint density at radius 2 is 1.66 bits per heavy atom. The molecule has 3 aromatic rings. The third-order valence-electron chi connectivity index (χ3n) is 5.03. The molecule has 1 atom stereocenters. The predicted molar refractivity (Wildman–Crippen MR) is 115 cm³/mol. The molecule has 0 fully saturated rings. The van der Waals surface area contributed by atoms with E-state index in [1.807, 2.05) is 26.8 Å². The van der Waals surface area contributed by atoms with Crippen LogP contribution in [0.1, 0.15) is 49.2 Å². The summed E-state index contributed by atoms with van der Waals surface area (Å²) >= 11 is 0. The third-order valence-corrected chi connectivity index (χ3v) is 5.03. The van der Waals surface area contributed by atoms with Crippen LogP contribution in [0.5, 0.6) is 5.75 Å². The van der Waals surface area contributed by atoms with E-state index in [1.54, 1.807) is 24.3 Å². The van der Waals surface area contributed by atoms with Crippen LogP contribution in [0.4, 0.5) is 13.2 Å². The first kappa shape index (κ1) is 23.2. The van der Waals surface area contributed by atoms with Gasteiger partial charge in [-0.25, -0.2) is 4.98 Å². The smallest absolute Gasteiger partial charge is 0.406 e. The second-order valence-electron chi connectivity index (χ2n) is 8.51. The predicted octanol–water partition coefficient (Wildman–Crippen LogP) is 5.74. The maximum absolute atomic E-state index is 13.1. The van der Waals surface area contributed by atoms with Gasteiger partial charge in [0.05, 0.1) is 0 Å². The van der Waals surface area contributed by atoms with E-state index in [0.717, 1.165) is 6.07 Å². The summed E-state index contributed by atoms with van der Waals surface area (Å²) < 4.78 is 41.2. The lowest BCUT2D eigenvalue weighted by Crippen LogP contribution is -2.23. The summed E-state index contributed by atoms with van der Waals surface area (Å²) in [6, 6.07) is 15.6. The van der Waals surface area contributed by atoms with E-state index in [0.29, 0.717) is 17.0 Å². The van der Waals surface area contributed by atoms with Crippen LogP contribution < -0.4 is 10.3 Å². The van der Waals surface area contributed by atoms with Gasteiger partial charge >= 0.3 is 6.36 Å². The van der Waals surface area contributed by atoms with Crippen molar-refractivity contribution in [3.63, 3.8) is 0 Å². The Morgan fingerprint density at radius 1 is 1.03 bits per heavy atom. The number of hydrogen-bond donors (Lipinski definition) is 1. The number of halogens is 3. The molecule has 0 bridgehead atoms. The quantitative estimate of drug-likeness (QED) is 0.492. The maximum Gasteiger partial charge on any atom is 0.573 e. The fourth-order valence-corrected chi connectivity index (χ4v) is 3.45. The molecular formula is C24H23F3N2O3. The Kier molecular flexibility index (Phi) is 6.52. The van der Waals surface area contributed by atoms with Crippen LogP contribution in [-0.2, 0) is 0 Å². The molecule has 3 rings (SSSR count). The molecule has 0 aliphatic carbocycles. The number of ketones is 1.